The molecule has 4 N–H and O–H groups in total. The summed E-state index contributed by atoms with van der Waals surface area (Å²) >= 11 is 0. The second kappa shape index (κ2) is 5.81. The minimum atomic E-state index is -0.471. The normalized spacial score (nSPS) is 18.6. The molecule has 0 saturated carbocycles. The maximum absolute atomic E-state index is 11.9. The predicted octanol–water partition coefficient (Wildman–Crippen LogP) is 0.900. The molecule has 1 fully saturated rings. The summed E-state index contributed by atoms with van der Waals surface area (Å²) < 4.78 is 4.78. The van der Waals surface area contributed by atoms with Crippen LogP contribution in [-0.4, -0.2) is 31.6 Å². The van der Waals surface area contributed by atoms with Crippen molar-refractivity contribution in [1.82, 2.24) is 0 Å². The van der Waals surface area contributed by atoms with Crippen LogP contribution in [0.3, 0.4) is 0 Å². The van der Waals surface area contributed by atoms with Gasteiger partial charge in [0.05, 0.1) is 18.4 Å². The number of ether oxygens (including phenoxy) is 1. The smallest absolute Gasteiger partial charge is 0.340 e. The zero-order chi connectivity index (χ0) is 14.7. The van der Waals surface area contributed by atoms with Gasteiger partial charge >= 0.3 is 5.97 Å². The number of methoxy groups -OCH3 is 1. The Balaban J connectivity index is 2.44. The number of benzene rings is 1. The summed E-state index contributed by atoms with van der Waals surface area (Å²) in [7, 11) is 1.32. The Kier molecular flexibility index (Phi) is 4.12. The van der Waals surface area contributed by atoms with Crippen molar-refractivity contribution < 1.29 is 14.3 Å². The lowest BCUT2D eigenvalue weighted by Crippen LogP contribution is -2.48. The highest BCUT2D eigenvalue weighted by Gasteiger charge is 2.29. The van der Waals surface area contributed by atoms with Crippen LogP contribution in [-0.2, 0) is 9.53 Å². The van der Waals surface area contributed by atoms with Crippen LogP contribution in [0.25, 0.3) is 0 Å². The average molecular weight is 277 g/mol. The third-order valence-electron chi connectivity index (χ3n) is 3.57. The van der Waals surface area contributed by atoms with Gasteiger partial charge in [-0.3, -0.25) is 4.79 Å². The first kappa shape index (κ1) is 14.2. The number of anilines is 2. The van der Waals surface area contributed by atoms with Crippen LogP contribution in [0.15, 0.2) is 18.2 Å². The molecule has 2 rings (SSSR count). The predicted molar refractivity (Wildman–Crippen MR) is 76.4 cm³/mol. The van der Waals surface area contributed by atoms with E-state index in [0.717, 1.165) is 12.8 Å². The quantitative estimate of drug-likeness (QED) is 0.631. The van der Waals surface area contributed by atoms with Crippen molar-refractivity contribution >= 4 is 23.3 Å². The Morgan fingerprint density at radius 3 is 2.75 bits per heavy atom. The van der Waals surface area contributed by atoms with Crippen LogP contribution >= 0.6 is 0 Å². The molecule has 1 amide bonds. The van der Waals surface area contributed by atoms with E-state index >= 15 is 0 Å². The second-order valence-corrected chi connectivity index (χ2v) is 4.88. The van der Waals surface area contributed by atoms with E-state index in [1.54, 1.807) is 18.2 Å². The van der Waals surface area contributed by atoms with Crippen molar-refractivity contribution in [2.75, 3.05) is 24.3 Å². The third kappa shape index (κ3) is 2.68. The molecule has 1 aliphatic heterocycles. The molecule has 1 unspecified atom stereocenters. The summed E-state index contributed by atoms with van der Waals surface area (Å²) in [5, 5.41) is 0. The van der Waals surface area contributed by atoms with E-state index in [2.05, 4.69) is 0 Å². The monoisotopic (exact) mass is 277 g/mol. The van der Waals surface area contributed by atoms with Crippen LogP contribution in [0.4, 0.5) is 11.4 Å². The van der Waals surface area contributed by atoms with Gasteiger partial charge in [0.1, 0.15) is 6.04 Å². The number of hydrogen-bond donors (Lipinski definition) is 2. The molecule has 1 saturated heterocycles. The maximum Gasteiger partial charge on any atom is 0.340 e. The van der Waals surface area contributed by atoms with E-state index in [-0.39, 0.29) is 5.91 Å². The third-order valence-corrected chi connectivity index (χ3v) is 3.57. The number of piperidine rings is 1. The first-order valence-corrected chi connectivity index (χ1v) is 6.58. The fourth-order valence-corrected chi connectivity index (χ4v) is 2.59. The molecule has 1 atom stereocenters. The van der Waals surface area contributed by atoms with Gasteiger partial charge in [-0.1, -0.05) is 0 Å². The lowest BCUT2D eigenvalue weighted by atomic mass is 9.99. The van der Waals surface area contributed by atoms with Gasteiger partial charge in [-0.15, -0.1) is 0 Å². The minimum absolute atomic E-state index is 0.362. The summed E-state index contributed by atoms with van der Waals surface area (Å²) in [6.07, 6.45) is 2.60. The van der Waals surface area contributed by atoms with Gasteiger partial charge in [0.2, 0.25) is 5.91 Å². The number of nitrogens with zero attached hydrogens (tertiary/aromatic N) is 1. The van der Waals surface area contributed by atoms with Crippen LogP contribution in [0.5, 0.6) is 0 Å². The molecule has 0 aliphatic carbocycles. The Bertz CT molecular complexity index is 530. The summed E-state index contributed by atoms with van der Waals surface area (Å²) in [6.45, 7) is 0.682. The topological polar surface area (TPSA) is 98.7 Å². The number of nitrogen functional groups attached to an aromatic ring is 1. The fourth-order valence-electron chi connectivity index (χ4n) is 2.59. The number of esters is 1. The van der Waals surface area contributed by atoms with Crippen LogP contribution < -0.4 is 16.4 Å². The van der Waals surface area contributed by atoms with E-state index in [1.165, 1.54) is 7.11 Å². The number of hydrogen-bond acceptors (Lipinski definition) is 5. The zero-order valence-electron chi connectivity index (χ0n) is 11.5. The summed E-state index contributed by atoms with van der Waals surface area (Å²) in [6, 6.07) is 4.61. The molecule has 0 aromatic heterocycles. The van der Waals surface area contributed by atoms with Crippen molar-refractivity contribution in [3.63, 3.8) is 0 Å². The summed E-state index contributed by atoms with van der Waals surface area (Å²) in [4.78, 5) is 25.4. The van der Waals surface area contributed by atoms with Gasteiger partial charge in [-0.05, 0) is 37.5 Å². The molecule has 1 aromatic carbocycles. The van der Waals surface area contributed by atoms with Crippen LogP contribution in [0.2, 0.25) is 0 Å². The highest BCUT2D eigenvalue weighted by Crippen LogP contribution is 2.29. The molecular weight excluding hydrogens is 258 g/mol. The number of primary amides is 1. The van der Waals surface area contributed by atoms with E-state index in [4.69, 9.17) is 16.2 Å². The largest absolute Gasteiger partial charge is 0.465 e. The Morgan fingerprint density at radius 1 is 1.35 bits per heavy atom. The highest BCUT2D eigenvalue weighted by atomic mass is 16.5. The first-order chi connectivity index (χ1) is 9.54. The van der Waals surface area contributed by atoms with Gasteiger partial charge in [-0.25, -0.2) is 4.79 Å². The van der Waals surface area contributed by atoms with Crippen molar-refractivity contribution in [3.8, 4) is 0 Å². The molecule has 0 radical (unpaired) electrons. The zero-order valence-corrected chi connectivity index (χ0v) is 11.5. The van der Waals surface area contributed by atoms with Crippen LogP contribution in [0, 0.1) is 0 Å². The number of amides is 1. The van der Waals surface area contributed by atoms with Gasteiger partial charge in [0.15, 0.2) is 0 Å². The molecule has 1 aromatic rings. The van der Waals surface area contributed by atoms with Gasteiger partial charge in [0, 0.05) is 12.2 Å². The molecule has 6 heteroatoms. The molecule has 0 spiro atoms. The summed E-state index contributed by atoms with van der Waals surface area (Å²) in [5.41, 5.74) is 12.7. The average Bonchev–Trinajstić information content (AvgIpc) is 2.46. The van der Waals surface area contributed by atoms with Crippen molar-refractivity contribution in [1.29, 1.82) is 0 Å². The highest BCUT2D eigenvalue weighted by molar-refractivity contribution is 5.98. The SMILES string of the molecule is COC(=O)c1cc(N)ccc1N1CCCCC1C(N)=O. The Morgan fingerprint density at radius 2 is 2.10 bits per heavy atom. The number of nitrogens with two attached hydrogens (primary N) is 2. The van der Waals surface area contributed by atoms with Crippen LogP contribution in [0.1, 0.15) is 29.6 Å². The molecule has 6 nitrogen and oxygen atoms in total. The lowest BCUT2D eigenvalue weighted by molar-refractivity contribution is -0.119. The van der Waals surface area contributed by atoms with E-state index in [1.807, 2.05) is 4.90 Å². The fraction of sp³-hybridized carbons (Fsp3) is 0.429. The Labute approximate surface area is 117 Å². The van der Waals surface area contributed by atoms with Crippen molar-refractivity contribution in [3.05, 3.63) is 23.8 Å². The van der Waals surface area contributed by atoms with E-state index in [0.29, 0.717) is 29.9 Å². The summed E-state index contributed by atoms with van der Waals surface area (Å²) in [5.74, 6) is -0.849. The molecule has 108 valence electrons. The molecule has 20 heavy (non-hydrogen) atoms. The van der Waals surface area contributed by atoms with Gasteiger partial charge < -0.3 is 21.1 Å². The standard InChI is InChI=1S/C14H19N3O3/c1-20-14(19)10-8-9(15)5-6-11(10)17-7-3-2-4-12(17)13(16)18/h5-6,8,12H,2-4,7,15H2,1H3,(H2,16,18). The maximum atomic E-state index is 11.9. The van der Waals surface area contributed by atoms with E-state index in [9.17, 15) is 9.59 Å². The molecule has 1 aliphatic rings. The molecule has 1 heterocycles. The lowest BCUT2D eigenvalue weighted by Gasteiger charge is -2.36. The number of rotatable bonds is 3. The van der Waals surface area contributed by atoms with Gasteiger partial charge in [-0.2, -0.15) is 0 Å². The van der Waals surface area contributed by atoms with Gasteiger partial charge in [0.25, 0.3) is 0 Å². The second-order valence-electron chi connectivity index (χ2n) is 4.88. The number of carbonyl (C=O) groups is 2. The van der Waals surface area contributed by atoms with Crippen molar-refractivity contribution in [2.45, 2.75) is 25.3 Å². The van der Waals surface area contributed by atoms with E-state index < -0.39 is 12.0 Å². The Hall–Kier alpha value is -2.24. The molecular formula is C14H19N3O3. The number of carbonyl (C=O) groups excluding carboxylic acids is 2. The molecule has 0 bridgehead atoms. The minimum Gasteiger partial charge on any atom is -0.465 e. The first-order valence-electron chi connectivity index (χ1n) is 6.58. The van der Waals surface area contributed by atoms with Crippen molar-refractivity contribution in [2.24, 2.45) is 5.73 Å².